The first-order valence-corrected chi connectivity index (χ1v) is 7.92. The zero-order chi connectivity index (χ0) is 14.6. The van der Waals surface area contributed by atoms with Crippen LogP contribution in [0.1, 0.15) is 17.8 Å². The predicted molar refractivity (Wildman–Crippen MR) is 74.7 cm³/mol. The number of β-lactam (4-membered cyclic amide) rings is 1. The van der Waals surface area contributed by atoms with Crippen molar-refractivity contribution in [3.8, 4) is 0 Å². The van der Waals surface area contributed by atoms with Crippen LogP contribution in [0.2, 0.25) is 0 Å². The van der Waals surface area contributed by atoms with Crippen molar-refractivity contribution in [2.24, 2.45) is 0 Å². The van der Waals surface area contributed by atoms with E-state index in [2.05, 4.69) is 5.10 Å². The first kappa shape index (κ1) is 15.9. The molecule has 0 bridgehead atoms. The van der Waals surface area contributed by atoms with Crippen molar-refractivity contribution in [2.75, 3.05) is 5.75 Å². The average Bonchev–Trinajstić information content (AvgIpc) is 3.05. The van der Waals surface area contributed by atoms with Crippen molar-refractivity contribution < 1.29 is 44.3 Å². The second kappa shape index (κ2) is 5.88. The molecule has 0 spiro atoms. The van der Waals surface area contributed by atoms with Gasteiger partial charge >= 0.3 is 29.6 Å². The van der Waals surface area contributed by atoms with E-state index in [1.165, 1.54) is 10.6 Å². The summed E-state index contributed by atoms with van der Waals surface area (Å²) in [6, 6.07) is 1.83. The second-order valence-corrected chi connectivity index (χ2v) is 6.34. The van der Waals surface area contributed by atoms with Gasteiger partial charge in [-0.25, -0.2) is 0 Å². The van der Waals surface area contributed by atoms with Crippen LogP contribution >= 0.6 is 11.8 Å². The third-order valence-corrected chi connectivity index (χ3v) is 4.99. The van der Waals surface area contributed by atoms with E-state index in [0.717, 1.165) is 23.7 Å². The zero-order valence-corrected chi connectivity index (χ0v) is 14.9. The van der Waals surface area contributed by atoms with Crippen molar-refractivity contribution in [2.45, 2.75) is 24.8 Å². The molecule has 4 heterocycles. The van der Waals surface area contributed by atoms with E-state index in [1.807, 2.05) is 22.5 Å². The van der Waals surface area contributed by atoms with Crippen LogP contribution in [0, 0.1) is 0 Å². The normalized spacial score (nSPS) is 24.3. The summed E-state index contributed by atoms with van der Waals surface area (Å²) in [5.41, 5.74) is 2.56. The average molecular weight is 325 g/mol. The molecular weight excluding hydrogens is 313 g/mol. The molecule has 1 atom stereocenters. The molecule has 1 aromatic rings. The van der Waals surface area contributed by atoms with Crippen LogP contribution in [0.25, 0.3) is 6.08 Å². The van der Waals surface area contributed by atoms with Gasteiger partial charge in [0.05, 0.1) is 29.9 Å². The number of aliphatic carboxylic acids is 1. The van der Waals surface area contributed by atoms with Crippen LogP contribution in [0.3, 0.4) is 0 Å². The van der Waals surface area contributed by atoms with Gasteiger partial charge in [0.2, 0.25) is 0 Å². The molecule has 1 amide bonds. The van der Waals surface area contributed by atoms with Crippen molar-refractivity contribution in [3.63, 3.8) is 0 Å². The molecule has 1 saturated heterocycles. The van der Waals surface area contributed by atoms with Crippen LogP contribution in [0.4, 0.5) is 0 Å². The molecule has 0 N–H and O–H groups in total. The Morgan fingerprint density at radius 2 is 2.32 bits per heavy atom. The number of hydrogen-bond donors (Lipinski definition) is 0. The fraction of sp³-hybridized carbons (Fsp3) is 0.357. The summed E-state index contributed by atoms with van der Waals surface area (Å²) in [5.74, 6) is 0.447. The van der Waals surface area contributed by atoms with Gasteiger partial charge in [0, 0.05) is 22.8 Å². The van der Waals surface area contributed by atoms with Gasteiger partial charge in [0.25, 0.3) is 5.91 Å². The van der Waals surface area contributed by atoms with Crippen molar-refractivity contribution in [1.82, 2.24) is 14.7 Å². The van der Waals surface area contributed by atoms with Crippen LogP contribution in [0.15, 0.2) is 23.4 Å². The van der Waals surface area contributed by atoms with E-state index < -0.39 is 5.97 Å². The van der Waals surface area contributed by atoms with Crippen LogP contribution in [-0.4, -0.2) is 38.4 Å². The number of fused-ring (bicyclic) bond motifs is 2. The predicted octanol–water partition coefficient (Wildman–Crippen LogP) is -3.23. The topological polar surface area (TPSA) is 78.3 Å². The molecule has 1 fully saturated rings. The zero-order valence-electron chi connectivity index (χ0n) is 12.1. The number of aromatic nitrogens is 2. The number of thioether (sulfide) groups is 1. The van der Waals surface area contributed by atoms with Crippen molar-refractivity contribution in [1.29, 1.82) is 0 Å². The Kier molecular flexibility index (Phi) is 4.24. The largest absolute Gasteiger partial charge is 1.00 e. The molecule has 0 aliphatic carbocycles. The second-order valence-electron chi connectivity index (χ2n) is 5.24. The molecule has 0 saturated carbocycles. The first-order chi connectivity index (χ1) is 10.1. The number of carbonyl (C=O) groups is 2. The van der Waals surface area contributed by atoms with E-state index in [4.69, 9.17) is 0 Å². The minimum absolute atomic E-state index is 0. The molecule has 3 aliphatic heterocycles. The van der Waals surface area contributed by atoms with Crippen molar-refractivity contribution >= 4 is 29.7 Å². The monoisotopic (exact) mass is 325 g/mol. The Bertz CT molecular complexity index is 701. The SMILES string of the molecule is O=C([O-])C1=CCC2/C(=C\c3cc4n(n3)CCSC4)C(=O)N12.[Na+]. The maximum atomic E-state index is 12.1. The maximum Gasteiger partial charge on any atom is 1.00 e. The van der Waals surface area contributed by atoms with Gasteiger partial charge in [-0.15, -0.1) is 0 Å². The van der Waals surface area contributed by atoms with Gasteiger partial charge in [0.1, 0.15) is 0 Å². The van der Waals surface area contributed by atoms with Gasteiger partial charge in [-0.05, 0) is 18.6 Å². The Labute approximate surface area is 153 Å². The van der Waals surface area contributed by atoms with Gasteiger partial charge < -0.3 is 9.90 Å². The van der Waals surface area contributed by atoms with E-state index in [9.17, 15) is 14.7 Å². The third kappa shape index (κ3) is 2.36. The summed E-state index contributed by atoms with van der Waals surface area (Å²) in [5, 5.41) is 15.4. The van der Waals surface area contributed by atoms with Crippen molar-refractivity contribution in [3.05, 3.63) is 34.8 Å². The summed E-state index contributed by atoms with van der Waals surface area (Å²) >= 11 is 1.87. The molecule has 1 unspecified atom stereocenters. The number of amides is 1. The van der Waals surface area contributed by atoms with E-state index in [-0.39, 0.29) is 47.2 Å². The number of carbonyl (C=O) groups excluding carboxylic acids is 2. The number of nitrogens with zero attached hydrogens (tertiary/aromatic N) is 3. The molecule has 1 aromatic heterocycles. The van der Waals surface area contributed by atoms with E-state index in [1.54, 1.807) is 12.2 Å². The Balaban J connectivity index is 0.00000144. The van der Waals surface area contributed by atoms with Crippen LogP contribution in [0.5, 0.6) is 0 Å². The summed E-state index contributed by atoms with van der Waals surface area (Å²) in [6.07, 6.45) is 3.86. The number of rotatable bonds is 2. The molecule has 3 aliphatic rings. The van der Waals surface area contributed by atoms with E-state index in [0.29, 0.717) is 12.0 Å². The molecule has 0 radical (unpaired) electrons. The molecule has 22 heavy (non-hydrogen) atoms. The van der Waals surface area contributed by atoms with Crippen LogP contribution < -0.4 is 34.7 Å². The fourth-order valence-corrected chi connectivity index (χ4v) is 3.90. The molecule has 0 aromatic carbocycles. The van der Waals surface area contributed by atoms with Gasteiger partial charge in [0.15, 0.2) is 0 Å². The number of hydrogen-bond acceptors (Lipinski definition) is 5. The number of carboxylic acids is 1. The van der Waals surface area contributed by atoms with Crippen LogP contribution in [-0.2, 0) is 21.9 Å². The summed E-state index contributed by atoms with van der Waals surface area (Å²) in [4.78, 5) is 24.3. The molecular formula is C14H12N3NaO3S. The standard InChI is InChI=1S/C14H13N3O3S.Na/c18-13-10(11-1-2-12(14(19)20)17(11)13)6-8-5-9-7-21-4-3-16(9)15-8;/h2,5-6,11H,1,3-4,7H2,(H,19,20);/q;+1/p-1/b10-6+;. The maximum absolute atomic E-state index is 12.1. The minimum atomic E-state index is -1.29. The Morgan fingerprint density at radius 3 is 3.05 bits per heavy atom. The summed E-state index contributed by atoms with van der Waals surface area (Å²) in [7, 11) is 0. The summed E-state index contributed by atoms with van der Waals surface area (Å²) in [6.45, 7) is 0.892. The number of carboxylic acid groups (broad SMARTS) is 1. The molecule has 8 heteroatoms. The van der Waals surface area contributed by atoms with Gasteiger partial charge in [-0.3, -0.25) is 14.4 Å². The number of aryl methyl sites for hydroxylation is 1. The quantitative estimate of drug-likeness (QED) is 0.325. The third-order valence-electron chi connectivity index (χ3n) is 4.02. The smallest absolute Gasteiger partial charge is 0.543 e. The van der Waals surface area contributed by atoms with E-state index >= 15 is 0 Å². The Hall–Kier alpha value is -1.02. The fourth-order valence-electron chi connectivity index (χ4n) is 3.01. The van der Waals surface area contributed by atoms with Gasteiger partial charge in [-0.1, -0.05) is 6.08 Å². The van der Waals surface area contributed by atoms with Gasteiger partial charge in [-0.2, -0.15) is 16.9 Å². The first-order valence-electron chi connectivity index (χ1n) is 6.76. The molecule has 6 nitrogen and oxygen atoms in total. The Morgan fingerprint density at radius 1 is 1.50 bits per heavy atom. The molecule has 108 valence electrons. The summed E-state index contributed by atoms with van der Waals surface area (Å²) < 4.78 is 1.98. The molecule has 4 rings (SSSR count). The minimum Gasteiger partial charge on any atom is -0.543 e.